The maximum Gasteiger partial charge on any atom is 0.277 e. The van der Waals surface area contributed by atoms with Crippen LogP contribution in [0.5, 0.6) is 0 Å². The molecule has 0 fully saturated rings. The number of nitrogens with one attached hydrogen (secondary N) is 2. The SMILES string of the molecule is Cc1nnc(SCC(=O)NCCSc2ncn[nH]2)o1. The van der Waals surface area contributed by atoms with Gasteiger partial charge in [0.25, 0.3) is 5.22 Å². The molecule has 0 saturated carbocycles. The summed E-state index contributed by atoms with van der Waals surface area (Å²) in [6.45, 7) is 2.27. The van der Waals surface area contributed by atoms with E-state index in [0.717, 1.165) is 10.9 Å². The Labute approximate surface area is 117 Å². The summed E-state index contributed by atoms with van der Waals surface area (Å²) >= 11 is 2.71. The summed E-state index contributed by atoms with van der Waals surface area (Å²) in [5.74, 6) is 1.41. The van der Waals surface area contributed by atoms with Gasteiger partial charge in [0.05, 0.1) is 5.75 Å². The first kappa shape index (κ1) is 13.9. The average molecular weight is 300 g/mol. The Bertz CT molecular complexity index is 515. The molecule has 2 N–H and O–H groups in total. The summed E-state index contributed by atoms with van der Waals surface area (Å²) in [5, 5.41) is 17.9. The van der Waals surface area contributed by atoms with Gasteiger partial charge in [0, 0.05) is 19.2 Å². The predicted molar refractivity (Wildman–Crippen MR) is 69.9 cm³/mol. The quantitative estimate of drug-likeness (QED) is 0.562. The lowest BCUT2D eigenvalue weighted by molar-refractivity contribution is -0.118. The van der Waals surface area contributed by atoms with Crippen LogP contribution in [0.15, 0.2) is 21.1 Å². The largest absolute Gasteiger partial charge is 0.416 e. The van der Waals surface area contributed by atoms with Crippen molar-refractivity contribution < 1.29 is 9.21 Å². The second-order valence-corrected chi connectivity index (χ2v) is 5.37. The third kappa shape index (κ3) is 4.91. The first-order valence-corrected chi connectivity index (χ1v) is 7.39. The van der Waals surface area contributed by atoms with E-state index < -0.39 is 0 Å². The summed E-state index contributed by atoms with van der Waals surface area (Å²) in [6, 6.07) is 0. The van der Waals surface area contributed by atoms with E-state index in [4.69, 9.17) is 4.42 Å². The van der Waals surface area contributed by atoms with Crippen molar-refractivity contribution in [3.8, 4) is 0 Å². The van der Waals surface area contributed by atoms with Gasteiger partial charge in [-0.25, -0.2) is 4.98 Å². The number of aromatic nitrogens is 5. The highest BCUT2D eigenvalue weighted by Crippen LogP contribution is 2.15. The van der Waals surface area contributed by atoms with Crippen LogP contribution in [0.1, 0.15) is 5.89 Å². The highest BCUT2D eigenvalue weighted by atomic mass is 32.2. The van der Waals surface area contributed by atoms with Crippen LogP contribution in [0.4, 0.5) is 0 Å². The minimum Gasteiger partial charge on any atom is -0.416 e. The molecule has 8 nitrogen and oxygen atoms in total. The molecule has 19 heavy (non-hydrogen) atoms. The fourth-order valence-electron chi connectivity index (χ4n) is 1.12. The van der Waals surface area contributed by atoms with Crippen molar-refractivity contribution in [1.29, 1.82) is 0 Å². The molecule has 2 aromatic heterocycles. The number of hydrogen-bond donors (Lipinski definition) is 2. The van der Waals surface area contributed by atoms with Gasteiger partial charge in [-0.2, -0.15) is 5.10 Å². The van der Waals surface area contributed by atoms with E-state index in [-0.39, 0.29) is 11.7 Å². The molecule has 0 aliphatic rings. The van der Waals surface area contributed by atoms with Gasteiger partial charge in [-0.3, -0.25) is 9.89 Å². The molecule has 0 aliphatic heterocycles. The van der Waals surface area contributed by atoms with E-state index in [2.05, 4.69) is 30.7 Å². The van der Waals surface area contributed by atoms with Crippen molar-refractivity contribution >= 4 is 29.4 Å². The Morgan fingerprint density at radius 2 is 2.37 bits per heavy atom. The van der Waals surface area contributed by atoms with Crippen LogP contribution < -0.4 is 5.32 Å². The van der Waals surface area contributed by atoms with Gasteiger partial charge in [0.2, 0.25) is 11.8 Å². The van der Waals surface area contributed by atoms with Crippen molar-refractivity contribution in [2.24, 2.45) is 0 Å². The van der Waals surface area contributed by atoms with Crippen molar-refractivity contribution in [1.82, 2.24) is 30.7 Å². The van der Waals surface area contributed by atoms with E-state index in [1.165, 1.54) is 29.9 Å². The molecule has 0 atom stereocenters. The molecule has 1 amide bonds. The van der Waals surface area contributed by atoms with Crippen molar-refractivity contribution in [3.63, 3.8) is 0 Å². The van der Waals surface area contributed by atoms with Crippen molar-refractivity contribution in [2.45, 2.75) is 17.3 Å². The lowest BCUT2D eigenvalue weighted by Crippen LogP contribution is -2.27. The van der Waals surface area contributed by atoms with Crippen LogP contribution in [0.25, 0.3) is 0 Å². The molecule has 2 heterocycles. The maximum atomic E-state index is 11.5. The molecule has 102 valence electrons. The van der Waals surface area contributed by atoms with E-state index in [9.17, 15) is 4.79 Å². The van der Waals surface area contributed by atoms with Crippen LogP contribution in [-0.2, 0) is 4.79 Å². The maximum absolute atomic E-state index is 11.5. The first-order chi connectivity index (χ1) is 9.24. The highest BCUT2D eigenvalue weighted by Gasteiger charge is 2.07. The van der Waals surface area contributed by atoms with Crippen LogP contribution in [0.2, 0.25) is 0 Å². The Kier molecular flexibility index (Phi) is 5.21. The van der Waals surface area contributed by atoms with E-state index in [0.29, 0.717) is 17.7 Å². The van der Waals surface area contributed by atoms with Crippen molar-refractivity contribution in [3.05, 3.63) is 12.2 Å². The van der Waals surface area contributed by atoms with Crippen LogP contribution >= 0.6 is 23.5 Å². The minimum absolute atomic E-state index is 0.0703. The monoisotopic (exact) mass is 300 g/mol. The summed E-state index contributed by atoms with van der Waals surface area (Å²) in [7, 11) is 0. The normalized spacial score (nSPS) is 10.6. The summed E-state index contributed by atoms with van der Waals surface area (Å²) in [6.07, 6.45) is 1.45. The first-order valence-electron chi connectivity index (χ1n) is 5.42. The number of hydrogen-bond acceptors (Lipinski definition) is 8. The number of thioether (sulfide) groups is 2. The van der Waals surface area contributed by atoms with E-state index >= 15 is 0 Å². The zero-order valence-corrected chi connectivity index (χ0v) is 11.8. The van der Waals surface area contributed by atoms with E-state index in [1.807, 2.05) is 0 Å². The molecule has 0 spiro atoms. The number of aryl methyl sites for hydroxylation is 1. The molecule has 0 radical (unpaired) electrons. The summed E-state index contributed by atoms with van der Waals surface area (Å²) < 4.78 is 5.15. The molecule has 0 aromatic carbocycles. The predicted octanol–water partition coefficient (Wildman–Crippen LogP) is 0.497. The Hall–Kier alpha value is -1.55. The molecule has 10 heteroatoms. The molecule has 0 unspecified atom stereocenters. The van der Waals surface area contributed by atoms with Gasteiger partial charge in [-0.15, -0.1) is 10.2 Å². The molecule has 0 bridgehead atoms. The number of H-pyrrole nitrogens is 1. The number of carbonyl (C=O) groups is 1. The van der Waals surface area contributed by atoms with Crippen LogP contribution in [0, 0.1) is 6.92 Å². The number of nitrogens with zero attached hydrogens (tertiary/aromatic N) is 4. The van der Waals surface area contributed by atoms with Gasteiger partial charge in [0.1, 0.15) is 6.33 Å². The number of amides is 1. The highest BCUT2D eigenvalue weighted by molar-refractivity contribution is 7.99. The Morgan fingerprint density at radius 1 is 1.47 bits per heavy atom. The third-order valence-electron chi connectivity index (χ3n) is 1.89. The van der Waals surface area contributed by atoms with Gasteiger partial charge in [0.15, 0.2) is 5.16 Å². The van der Waals surface area contributed by atoms with Gasteiger partial charge in [-0.05, 0) is 0 Å². The smallest absolute Gasteiger partial charge is 0.277 e. The molecule has 2 aromatic rings. The number of carbonyl (C=O) groups excluding carboxylic acids is 1. The number of rotatable bonds is 7. The molecular weight excluding hydrogens is 288 g/mol. The lowest BCUT2D eigenvalue weighted by atomic mass is 10.6. The fourth-order valence-corrected chi connectivity index (χ4v) is 2.39. The zero-order chi connectivity index (χ0) is 13.5. The van der Waals surface area contributed by atoms with E-state index in [1.54, 1.807) is 6.92 Å². The minimum atomic E-state index is -0.0703. The zero-order valence-electron chi connectivity index (χ0n) is 10.1. The topological polar surface area (TPSA) is 110 Å². The molecular formula is C9H12N6O2S2. The molecule has 2 rings (SSSR count). The summed E-state index contributed by atoms with van der Waals surface area (Å²) in [5.41, 5.74) is 0. The fraction of sp³-hybridized carbons (Fsp3) is 0.444. The second kappa shape index (κ2) is 7.14. The molecule has 0 aliphatic carbocycles. The Morgan fingerprint density at radius 3 is 3.05 bits per heavy atom. The van der Waals surface area contributed by atoms with Gasteiger partial charge in [-0.1, -0.05) is 23.5 Å². The average Bonchev–Trinajstić information content (AvgIpc) is 3.03. The lowest BCUT2D eigenvalue weighted by Gasteiger charge is -2.02. The number of aromatic amines is 1. The molecule has 0 saturated heterocycles. The van der Waals surface area contributed by atoms with Crippen LogP contribution in [0.3, 0.4) is 0 Å². The summed E-state index contributed by atoms with van der Waals surface area (Å²) in [4.78, 5) is 15.5. The van der Waals surface area contributed by atoms with Crippen LogP contribution in [-0.4, -0.2) is 49.3 Å². The third-order valence-corrected chi connectivity index (χ3v) is 3.59. The second-order valence-electron chi connectivity index (χ2n) is 3.36. The Balaban J connectivity index is 1.57. The van der Waals surface area contributed by atoms with Gasteiger partial charge < -0.3 is 9.73 Å². The standard InChI is InChI=1S/C9H12N6O2S2/c1-6-13-15-9(17-6)19-4-7(16)10-2-3-18-8-11-5-12-14-8/h5H,2-4H2,1H3,(H,10,16)(H,11,12,14). The van der Waals surface area contributed by atoms with Gasteiger partial charge >= 0.3 is 0 Å². The van der Waals surface area contributed by atoms with Crippen molar-refractivity contribution in [2.75, 3.05) is 18.1 Å².